The summed E-state index contributed by atoms with van der Waals surface area (Å²) < 4.78 is 31.8. The highest BCUT2D eigenvalue weighted by atomic mass is 32.2. The molecule has 0 aliphatic carbocycles. The third kappa shape index (κ3) is 5.40. The molecular weight excluding hydrogens is 492 g/mol. The van der Waals surface area contributed by atoms with Crippen LogP contribution in [0.15, 0.2) is 29.2 Å². The second-order valence-electron chi connectivity index (χ2n) is 8.58. The van der Waals surface area contributed by atoms with Crippen LogP contribution in [0.1, 0.15) is 50.4 Å². The maximum Gasteiger partial charge on any atom is 0.413 e. The van der Waals surface area contributed by atoms with Gasteiger partial charge in [0.1, 0.15) is 5.00 Å². The van der Waals surface area contributed by atoms with E-state index < -0.39 is 27.9 Å². The number of alkyl carbamates (subject to hydrolysis) is 1. The number of nitrogens with one attached hydrogen (secondary N) is 2. The number of amides is 3. The molecule has 0 unspecified atom stereocenters. The number of sulfonamides is 1. The molecule has 2 aliphatic heterocycles. The number of carbonyl (C=O) groups is 3. The minimum atomic E-state index is -3.60. The van der Waals surface area contributed by atoms with Crippen LogP contribution in [-0.4, -0.2) is 69.3 Å². The van der Waals surface area contributed by atoms with Crippen LogP contribution in [0.2, 0.25) is 0 Å². The van der Waals surface area contributed by atoms with Gasteiger partial charge < -0.3 is 15.0 Å². The number of thiophene rings is 1. The fourth-order valence-corrected chi connectivity index (χ4v) is 7.11. The molecule has 0 atom stereocenters. The molecule has 1 aromatic heterocycles. The van der Waals surface area contributed by atoms with Gasteiger partial charge in [-0.3, -0.25) is 14.9 Å². The Morgan fingerprint density at radius 2 is 1.69 bits per heavy atom. The zero-order valence-electron chi connectivity index (χ0n) is 19.6. The summed E-state index contributed by atoms with van der Waals surface area (Å²) in [5.41, 5.74) is 1.30. The molecule has 0 radical (unpaired) electrons. The number of carbonyl (C=O) groups excluding carboxylic acids is 3. The van der Waals surface area contributed by atoms with Gasteiger partial charge in [-0.15, -0.1) is 11.3 Å². The fourth-order valence-electron chi connectivity index (χ4n) is 4.27. The topological polar surface area (TPSA) is 125 Å². The lowest BCUT2D eigenvalue weighted by atomic mass is 10.0. The van der Waals surface area contributed by atoms with E-state index in [0.717, 1.165) is 36.2 Å². The Kier molecular flexibility index (Phi) is 7.55. The maximum absolute atomic E-state index is 13.0. The van der Waals surface area contributed by atoms with E-state index in [4.69, 9.17) is 0 Å². The van der Waals surface area contributed by atoms with E-state index in [2.05, 4.69) is 20.3 Å². The Balaban J connectivity index is 1.56. The Hall–Kier alpha value is -2.80. The molecule has 2 N–H and O–H groups in total. The van der Waals surface area contributed by atoms with Crippen molar-refractivity contribution in [2.75, 3.05) is 39.1 Å². The van der Waals surface area contributed by atoms with Crippen molar-refractivity contribution < 1.29 is 27.5 Å². The molecule has 2 aliphatic rings. The van der Waals surface area contributed by atoms with Crippen molar-refractivity contribution in [2.24, 2.45) is 0 Å². The lowest BCUT2D eigenvalue weighted by Gasteiger charge is -2.25. The minimum Gasteiger partial charge on any atom is -0.453 e. The number of piperidine rings is 1. The summed E-state index contributed by atoms with van der Waals surface area (Å²) >= 11 is 1.29. The van der Waals surface area contributed by atoms with E-state index in [-0.39, 0.29) is 16.0 Å². The number of rotatable bonds is 5. The molecule has 2 aromatic rings. The van der Waals surface area contributed by atoms with E-state index in [1.165, 1.54) is 47.0 Å². The van der Waals surface area contributed by atoms with Gasteiger partial charge in [0, 0.05) is 36.6 Å². The molecule has 12 heteroatoms. The third-order valence-electron chi connectivity index (χ3n) is 6.17. The van der Waals surface area contributed by atoms with Gasteiger partial charge in [0.05, 0.1) is 17.6 Å². The van der Waals surface area contributed by atoms with Gasteiger partial charge in [-0.25, -0.2) is 13.2 Å². The van der Waals surface area contributed by atoms with Gasteiger partial charge in [-0.1, -0.05) is 6.42 Å². The van der Waals surface area contributed by atoms with Crippen LogP contribution >= 0.6 is 11.3 Å². The molecule has 188 valence electrons. The van der Waals surface area contributed by atoms with Crippen molar-refractivity contribution in [3.05, 3.63) is 45.8 Å². The van der Waals surface area contributed by atoms with Crippen molar-refractivity contribution >= 4 is 44.3 Å². The molecule has 3 heterocycles. The molecule has 0 spiro atoms. The van der Waals surface area contributed by atoms with Crippen LogP contribution in [0, 0.1) is 0 Å². The summed E-state index contributed by atoms with van der Waals surface area (Å²) in [6.07, 6.45) is 2.42. The number of methoxy groups -OCH3 is 1. The average molecular weight is 521 g/mol. The van der Waals surface area contributed by atoms with Gasteiger partial charge >= 0.3 is 6.09 Å². The molecule has 3 amide bonds. The van der Waals surface area contributed by atoms with Crippen LogP contribution in [0.4, 0.5) is 9.80 Å². The largest absolute Gasteiger partial charge is 0.453 e. The number of fused-ring (bicyclic) bond motifs is 1. The third-order valence-corrected chi connectivity index (χ3v) is 9.22. The summed E-state index contributed by atoms with van der Waals surface area (Å²) in [4.78, 5) is 40.6. The second-order valence-corrected chi connectivity index (χ2v) is 11.6. The van der Waals surface area contributed by atoms with Crippen LogP contribution in [0.5, 0.6) is 0 Å². The predicted molar refractivity (Wildman–Crippen MR) is 131 cm³/mol. The smallest absolute Gasteiger partial charge is 0.413 e. The van der Waals surface area contributed by atoms with Crippen molar-refractivity contribution in [1.82, 2.24) is 14.5 Å². The Bertz CT molecular complexity index is 1230. The van der Waals surface area contributed by atoms with Crippen molar-refractivity contribution in [2.45, 2.75) is 37.1 Å². The zero-order chi connectivity index (χ0) is 25.2. The normalized spacial score (nSPS) is 16.9. The van der Waals surface area contributed by atoms with Crippen LogP contribution in [-0.2, 0) is 27.7 Å². The van der Waals surface area contributed by atoms with Gasteiger partial charge in [0.25, 0.3) is 11.8 Å². The first-order chi connectivity index (χ1) is 16.7. The highest BCUT2D eigenvalue weighted by Gasteiger charge is 2.29. The molecule has 1 aromatic carbocycles. The number of hydrogen-bond acceptors (Lipinski definition) is 8. The van der Waals surface area contributed by atoms with Crippen LogP contribution in [0.3, 0.4) is 0 Å². The summed E-state index contributed by atoms with van der Waals surface area (Å²) in [6, 6.07) is 5.78. The molecule has 35 heavy (non-hydrogen) atoms. The first-order valence-electron chi connectivity index (χ1n) is 11.3. The molecule has 10 nitrogen and oxygen atoms in total. The Labute approximate surface area is 208 Å². The first kappa shape index (κ1) is 25.3. The second kappa shape index (κ2) is 10.4. The number of likely N-dealkylation sites (N-methyl/N-ethyl adjacent to an activating group) is 1. The number of hydrogen-bond donors (Lipinski definition) is 2. The van der Waals surface area contributed by atoms with Crippen molar-refractivity contribution in [3.63, 3.8) is 0 Å². The lowest BCUT2D eigenvalue weighted by Crippen LogP contribution is -2.35. The predicted octanol–water partition coefficient (Wildman–Crippen LogP) is 2.66. The first-order valence-corrected chi connectivity index (χ1v) is 13.6. The van der Waals surface area contributed by atoms with Crippen molar-refractivity contribution in [1.29, 1.82) is 0 Å². The highest BCUT2D eigenvalue weighted by Crippen LogP contribution is 2.37. The SMILES string of the molecule is COC(=O)NC(=O)c1c(NC(=O)c2ccc(S(=O)(=O)N3CCCCC3)cc2)sc2c1CCN(C)C2. The van der Waals surface area contributed by atoms with Gasteiger partial charge in [-0.2, -0.15) is 4.31 Å². The molecule has 4 rings (SSSR count). The summed E-state index contributed by atoms with van der Waals surface area (Å²) in [5.74, 6) is -1.12. The van der Waals surface area contributed by atoms with E-state index >= 15 is 0 Å². The van der Waals surface area contributed by atoms with Crippen LogP contribution in [0.25, 0.3) is 0 Å². The Morgan fingerprint density at radius 1 is 1.00 bits per heavy atom. The molecular formula is C23H28N4O6S2. The van der Waals surface area contributed by atoms with Crippen LogP contribution < -0.4 is 10.6 Å². The van der Waals surface area contributed by atoms with Crippen molar-refractivity contribution in [3.8, 4) is 0 Å². The monoisotopic (exact) mass is 520 g/mol. The molecule has 0 saturated carbocycles. The van der Waals surface area contributed by atoms with E-state index in [1.54, 1.807) is 0 Å². The quantitative estimate of drug-likeness (QED) is 0.621. The summed E-state index contributed by atoms with van der Waals surface area (Å²) in [6.45, 7) is 2.36. The number of anilines is 1. The summed E-state index contributed by atoms with van der Waals surface area (Å²) in [5, 5.41) is 5.29. The van der Waals surface area contributed by atoms with E-state index in [9.17, 15) is 22.8 Å². The summed E-state index contributed by atoms with van der Waals surface area (Å²) in [7, 11) is -0.468. The van der Waals surface area contributed by atoms with Gasteiger partial charge in [0.15, 0.2) is 0 Å². The Morgan fingerprint density at radius 3 is 2.34 bits per heavy atom. The average Bonchev–Trinajstić information content (AvgIpc) is 3.21. The lowest BCUT2D eigenvalue weighted by molar-refractivity contribution is 0.0936. The minimum absolute atomic E-state index is 0.142. The van der Waals surface area contributed by atoms with E-state index in [1.807, 2.05) is 7.05 Å². The molecule has 0 bridgehead atoms. The standard InChI is InChI=1S/C23H28N4O6S2/c1-26-13-10-17-18(14-26)34-22(19(17)21(29)25-23(30)33-2)24-20(28)15-6-8-16(9-7-15)35(31,32)27-11-4-3-5-12-27/h6-9H,3-5,10-14H2,1-2H3,(H,24,28)(H,25,29,30). The number of benzene rings is 1. The number of nitrogens with zero attached hydrogens (tertiary/aromatic N) is 2. The number of imide groups is 1. The zero-order valence-corrected chi connectivity index (χ0v) is 21.3. The van der Waals surface area contributed by atoms with Gasteiger partial charge in [0.2, 0.25) is 10.0 Å². The van der Waals surface area contributed by atoms with E-state index in [0.29, 0.717) is 31.1 Å². The molecule has 1 fully saturated rings. The number of ether oxygens (including phenoxy) is 1. The van der Waals surface area contributed by atoms with Gasteiger partial charge in [-0.05, 0) is 56.1 Å². The highest BCUT2D eigenvalue weighted by molar-refractivity contribution is 7.89. The fraction of sp³-hybridized carbons (Fsp3) is 0.435. The maximum atomic E-state index is 13.0. The molecule has 1 saturated heterocycles.